The van der Waals surface area contributed by atoms with Crippen LogP contribution in [-0.2, 0) is 9.59 Å². The summed E-state index contributed by atoms with van der Waals surface area (Å²) in [6, 6.07) is 14.3. The summed E-state index contributed by atoms with van der Waals surface area (Å²) in [5.74, 6) is -2.23. The number of nitrogens with one attached hydrogen (secondary N) is 1. The lowest BCUT2D eigenvalue weighted by Crippen LogP contribution is -2.54. The minimum atomic E-state index is -1.35. The van der Waals surface area contributed by atoms with E-state index in [2.05, 4.69) is 5.32 Å². The molecule has 1 aliphatic rings. The number of nitrogens with zero attached hydrogens (tertiary/aromatic N) is 1. The fourth-order valence-corrected chi connectivity index (χ4v) is 3.75. The lowest BCUT2D eigenvalue weighted by molar-refractivity contribution is -0.255. The van der Waals surface area contributed by atoms with Gasteiger partial charge in [0, 0.05) is 16.1 Å². The maximum Gasteiger partial charge on any atom is 0.270 e. The first-order valence-corrected chi connectivity index (χ1v) is 10.1. The van der Waals surface area contributed by atoms with Gasteiger partial charge in [0.2, 0.25) is 0 Å². The number of benzene rings is 2. The lowest BCUT2D eigenvalue weighted by Gasteiger charge is -2.30. The van der Waals surface area contributed by atoms with Crippen molar-refractivity contribution in [1.82, 2.24) is 5.32 Å². The number of rotatable bonds is 4. The van der Waals surface area contributed by atoms with Gasteiger partial charge in [-0.15, -0.1) is 0 Å². The van der Waals surface area contributed by atoms with Crippen molar-refractivity contribution in [3.63, 3.8) is 0 Å². The molecule has 1 N–H and O–H groups in total. The number of anilines is 1. The SMILES string of the molecule is Cc1c(Cl)cccc1N1C(=O)/C(=C/c2ccc(-c3ccccc3C(=O)[O-])o2)C(=O)NC1=S. The van der Waals surface area contributed by atoms with Crippen LogP contribution in [0.2, 0.25) is 5.02 Å². The predicted octanol–water partition coefficient (Wildman–Crippen LogP) is 3.10. The highest BCUT2D eigenvalue weighted by Crippen LogP contribution is 2.31. The molecule has 0 atom stereocenters. The van der Waals surface area contributed by atoms with Crippen LogP contribution in [-0.4, -0.2) is 22.9 Å². The molecular formula is C23H14ClN2O5S-. The molecule has 9 heteroatoms. The van der Waals surface area contributed by atoms with Gasteiger partial charge in [-0.1, -0.05) is 41.9 Å². The normalized spacial score (nSPS) is 15.2. The number of aromatic carboxylic acids is 1. The Morgan fingerprint density at radius 2 is 1.88 bits per heavy atom. The van der Waals surface area contributed by atoms with E-state index in [1.54, 1.807) is 49.4 Å². The summed E-state index contributed by atoms with van der Waals surface area (Å²) in [7, 11) is 0. The molecule has 2 amide bonds. The number of amides is 2. The van der Waals surface area contributed by atoms with Crippen molar-refractivity contribution in [3.05, 3.63) is 82.1 Å². The quantitative estimate of drug-likeness (QED) is 0.361. The van der Waals surface area contributed by atoms with Crippen LogP contribution in [0, 0.1) is 6.92 Å². The van der Waals surface area contributed by atoms with Crippen molar-refractivity contribution >= 4 is 58.5 Å². The lowest BCUT2D eigenvalue weighted by atomic mass is 10.1. The van der Waals surface area contributed by atoms with Crippen molar-refractivity contribution in [2.75, 3.05) is 4.90 Å². The van der Waals surface area contributed by atoms with E-state index < -0.39 is 17.8 Å². The first kappa shape index (κ1) is 21.5. The van der Waals surface area contributed by atoms with E-state index in [1.807, 2.05) is 0 Å². The molecule has 1 fully saturated rings. The van der Waals surface area contributed by atoms with Crippen LogP contribution in [0.1, 0.15) is 21.7 Å². The van der Waals surface area contributed by atoms with Crippen LogP contribution in [0.25, 0.3) is 17.4 Å². The molecular weight excluding hydrogens is 452 g/mol. The van der Waals surface area contributed by atoms with Gasteiger partial charge in [-0.3, -0.25) is 19.8 Å². The van der Waals surface area contributed by atoms with Crippen LogP contribution in [0.4, 0.5) is 5.69 Å². The van der Waals surface area contributed by atoms with E-state index in [0.717, 1.165) is 0 Å². The highest BCUT2D eigenvalue weighted by Gasteiger charge is 2.35. The summed E-state index contributed by atoms with van der Waals surface area (Å²) in [4.78, 5) is 38.2. The zero-order valence-corrected chi connectivity index (χ0v) is 18.1. The largest absolute Gasteiger partial charge is 0.545 e. The van der Waals surface area contributed by atoms with Gasteiger partial charge in [-0.05, 0) is 55.0 Å². The summed E-state index contributed by atoms with van der Waals surface area (Å²) in [6.45, 7) is 1.74. The number of carboxylic acid groups (broad SMARTS) is 1. The number of hydrogen-bond donors (Lipinski definition) is 1. The fourth-order valence-electron chi connectivity index (χ4n) is 3.31. The molecule has 1 saturated heterocycles. The van der Waals surface area contributed by atoms with Gasteiger partial charge in [0.05, 0.1) is 11.7 Å². The standard InChI is InChI=1S/C23H15ClN2O5S/c1-12-17(24)7-4-8-18(12)26-21(28)16(20(27)25-23(26)32)11-13-9-10-19(31-13)14-5-2-3-6-15(14)22(29)30/h2-11H,1H3,(H,29,30)(H,25,27,32)/p-1/b16-11+. The number of carbonyl (C=O) groups is 3. The molecule has 2 aromatic carbocycles. The van der Waals surface area contributed by atoms with Crippen molar-refractivity contribution in [1.29, 1.82) is 0 Å². The molecule has 160 valence electrons. The molecule has 0 unspecified atom stereocenters. The van der Waals surface area contributed by atoms with E-state index in [-0.39, 0.29) is 27.8 Å². The second-order valence-corrected chi connectivity index (χ2v) is 7.67. The smallest absolute Gasteiger partial charge is 0.270 e. The number of carbonyl (C=O) groups excluding carboxylic acids is 3. The zero-order chi connectivity index (χ0) is 23.0. The molecule has 2 heterocycles. The first-order valence-electron chi connectivity index (χ1n) is 9.35. The maximum atomic E-state index is 13.2. The van der Waals surface area contributed by atoms with Crippen molar-refractivity contribution in [3.8, 4) is 11.3 Å². The summed E-state index contributed by atoms with van der Waals surface area (Å²) in [6.07, 6.45) is 1.28. The van der Waals surface area contributed by atoms with Crippen LogP contribution < -0.4 is 15.3 Å². The first-order chi connectivity index (χ1) is 15.3. The zero-order valence-electron chi connectivity index (χ0n) is 16.5. The monoisotopic (exact) mass is 465 g/mol. The second kappa shape index (κ2) is 8.41. The van der Waals surface area contributed by atoms with E-state index in [1.165, 1.54) is 23.1 Å². The second-order valence-electron chi connectivity index (χ2n) is 6.88. The number of halogens is 1. The topological polar surface area (TPSA) is 103 Å². The highest BCUT2D eigenvalue weighted by molar-refractivity contribution is 7.80. The minimum absolute atomic E-state index is 0.0412. The Morgan fingerprint density at radius 1 is 1.12 bits per heavy atom. The Labute approximate surface area is 192 Å². The number of carboxylic acids is 1. The highest BCUT2D eigenvalue weighted by atomic mass is 35.5. The molecule has 0 spiro atoms. The van der Waals surface area contributed by atoms with Gasteiger partial charge in [0.25, 0.3) is 11.8 Å². The number of thiocarbonyl (C=S) groups is 1. The van der Waals surface area contributed by atoms with Gasteiger partial charge < -0.3 is 14.3 Å². The van der Waals surface area contributed by atoms with Crippen LogP contribution in [0.15, 0.2) is 64.6 Å². The molecule has 1 aromatic heterocycles. The summed E-state index contributed by atoms with van der Waals surface area (Å²) in [5.41, 5.74) is 1.14. The minimum Gasteiger partial charge on any atom is -0.545 e. The molecule has 3 aromatic rings. The Hall–Kier alpha value is -3.75. The average molecular weight is 466 g/mol. The van der Waals surface area contributed by atoms with E-state index in [9.17, 15) is 19.5 Å². The molecule has 1 aliphatic heterocycles. The molecule has 0 aliphatic carbocycles. The Bertz CT molecular complexity index is 1330. The predicted molar refractivity (Wildman–Crippen MR) is 121 cm³/mol. The Balaban J connectivity index is 1.72. The summed E-state index contributed by atoms with van der Waals surface area (Å²) in [5, 5.41) is 14.2. The van der Waals surface area contributed by atoms with E-state index in [4.69, 9.17) is 28.2 Å². The van der Waals surface area contributed by atoms with E-state index >= 15 is 0 Å². The van der Waals surface area contributed by atoms with Gasteiger partial charge in [-0.25, -0.2) is 0 Å². The van der Waals surface area contributed by atoms with Crippen molar-refractivity contribution in [2.45, 2.75) is 6.92 Å². The summed E-state index contributed by atoms with van der Waals surface area (Å²) < 4.78 is 5.70. The molecule has 0 saturated carbocycles. The maximum absolute atomic E-state index is 13.2. The Morgan fingerprint density at radius 3 is 2.62 bits per heavy atom. The van der Waals surface area contributed by atoms with Crippen LogP contribution in [0.3, 0.4) is 0 Å². The molecule has 7 nitrogen and oxygen atoms in total. The van der Waals surface area contributed by atoms with Gasteiger partial charge in [0.1, 0.15) is 17.1 Å². The third kappa shape index (κ3) is 3.81. The molecule has 0 radical (unpaired) electrons. The number of hydrogen-bond acceptors (Lipinski definition) is 6. The molecule has 4 rings (SSSR count). The van der Waals surface area contributed by atoms with Gasteiger partial charge in [-0.2, -0.15) is 0 Å². The van der Waals surface area contributed by atoms with Crippen LogP contribution >= 0.6 is 23.8 Å². The van der Waals surface area contributed by atoms with Gasteiger partial charge in [0.15, 0.2) is 5.11 Å². The average Bonchev–Trinajstić information content (AvgIpc) is 3.22. The number of furan rings is 1. The third-order valence-electron chi connectivity index (χ3n) is 4.91. The van der Waals surface area contributed by atoms with Gasteiger partial charge >= 0.3 is 0 Å². The van der Waals surface area contributed by atoms with Crippen molar-refractivity contribution < 1.29 is 23.9 Å². The van der Waals surface area contributed by atoms with E-state index in [0.29, 0.717) is 21.8 Å². The third-order valence-corrected chi connectivity index (χ3v) is 5.60. The van der Waals surface area contributed by atoms with Crippen LogP contribution in [0.5, 0.6) is 0 Å². The fraction of sp³-hybridized carbons (Fsp3) is 0.0435. The molecule has 32 heavy (non-hydrogen) atoms. The molecule has 0 bridgehead atoms. The Kier molecular flexibility index (Phi) is 5.65. The van der Waals surface area contributed by atoms with Crippen molar-refractivity contribution in [2.24, 2.45) is 0 Å². The summed E-state index contributed by atoms with van der Waals surface area (Å²) >= 11 is 11.4.